The molecule has 0 atom stereocenters. The van der Waals surface area contributed by atoms with Gasteiger partial charge in [0.1, 0.15) is 0 Å². The summed E-state index contributed by atoms with van der Waals surface area (Å²) >= 11 is 0. The summed E-state index contributed by atoms with van der Waals surface area (Å²) in [7, 11) is 1.70. The fourth-order valence-electron chi connectivity index (χ4n) is 0.378. The highest BCUT2D eigenvalue weighted by Gasteiger charge is 1.72. The lowest BCUT2D eigenvalue weighted by molar-refractivity contribution is 0.204. The molecule has 46 valence electrons. The van der Waals surface area contributed by atoms with Crippen molar-refractivity contribution in [2.75, 3.05) is 13.7 Å². The van der Waals surface area contributed by atoms with Crippen molar-refractivity contribution in [2.24, 2.45) is 0 Å². The molecule has 0 bridgehead atoms. The Morgan fingerprint density at radius 1 is 1.62 bits per heavy atom. The van der Waals surface area contributed by atoms with Gasteiger partial charge in [0.15, 0.2) is 0 Å². The Morgan fingerprint density at radius 3 is 2.88 bits per heavy atom. The smallest absolute Gasteiger partial charge is 0.0496 e. The molecule has 0 rings (SSSR count). The fourth-order valence-corrected chi connectivity index (χ4v) is 0.378. The second-order valence-electron chi connectivity index (χ2n) is 1.45. The summed E-state index contributed by atoms with van der Waals surface area (Å²) in [6.45, 7) is 4.33. The largest absolute Gasteiger partial charge is 0.384 e. The lowest BCUT2D eigenvalue weighted by Gasteiger charge is -1.87. The minimum atomic E-state index is 0.796. The zero-order valence-electron chi connectivity index (χ0n) is 5.26. The molecule has 0 saturated carbocycles. The van der Waals surface area contributed by atoms with Gasteiger partial charge in [-0.2, -0.15) is 0 Å². The van der Waals surface area contributed by atoms with Gasteiger partial charge in [0, 0.05) is 13.7 Å². The van der Waals surface area contributed by atoms with Gasteiger partial charge in [-0.25, -0.2) is 0 Å². The van der Waals surface area contributed by atoms with E-state index in [9.17, 15) is 0 Å². The van der Waals surface area contributed by atoms with Gasteiger partial charge in [-0.3, -0.25) is 0 Å². The molecule has 0 aliphatic heterocycles. The van der Waals surface area contributed by atoms with E-state index in [1.165, 1.54) is 0 Å². The Morgan fingerprint density at radius 2 is 2.38 bits per heavy atom. The Labute approximate surface area is 50.7 Å². The van der Waals surface area contributed by atoms with Crippen molar-refractivity contribution in [3.63, 3.8) is 0 Å². The molecular weight excluding hydrogens is 100 g/mol. The maximum absolute atomic E-state index is 4.80. The summed E-state index contributed by atoms with van der Waals surface area (Å²) in [5, 5.41) is 0. The van der Waals surface area contributed by atoms with E-state index in [0.717, 1.165) is 13.0 Å². The lowest BCUT2D eigenvalue weighted by Crippen LogP contribution is -1.82. The molecular formula is C7H12O. The van der Waals surface area contributed by atoms with Crippen LogP contribution in [-0.2, 0) is 4.74 Å². The van der Waals surface area contributed by atoms with Crippen LogP contribution in [0.15, 0.2) is 24.8 Å². The molecule has 0 aromatic carbocycles. The van der Waals surface area contributed by atoms with Crippen LogP contribution in [-0.4, -0.2) is 13.7 Å². The van der Waals surface area contributed by atoms with E-state index >= 15 is 0 Å². The van der Waals surface area contributed by atoms with E-state index in [1.807, 2.05) is 12.2 Å². The quantitative estimate of drug-likeness (QED) is 0.398. The Kier molecular flexibility index (Phi) is 5.99. The maximum Gasteiger partial charge on any atom is 0.0496 e. The molecule has 0 heterocycles. The molecule has 0 aliphatic carbocycles. The third-order valence-corrected chi connectivity index (χ3v) is 0.761. The molecule has 1 heteroatoms. The second kappa shape index (κ2) is 6.44. The maximum atomic E-state index is 4.80. The standard InChI is InChI=1S/C7H12O/c1-3-4-5-6-7-8-2/h3-5H,1,6-7H2,2H3/b5-4+. The van der Waals surface area contributed by atoms with Gasteiger partial charge in [-0.05, 0) is 6.42 Å². The number of methoxy groups -OCH3 is 1. The first-order valence-corrected chi connectivity index (χ1v) is 2.68. The minimum Gasteiger partial charge on any atom is -0.384 e. The zero-order valence-corrected chi connectivity index (χ0v) is 5.26. The topological polar surface area (TPSA) is 9.23 Å². The van der Waals surface area contributed by atoms with Gasteiger partial charge >= 0.3 is 0 Å². The third kappa shape index (κ3) is 5.44. The highest BCUT2D eigenvalue weighted by Crippen LogP contribution is 1.82. The average molecular weight is 112 g/mol. The van der Waals surface area contributed by atoms with Crippen LogP contribution in [0.4, 0.5) is 0 Å². The van der Waals surface area contributed by atoms with Crippen LogP contribution in [0.3, 0.4) is 0 Å². The first-order chi connectivity index (χ1) is 3.91. The molecule has 0 unspecified atom stereocenters. The van der Waals surface area contributed by atoms with Gasteiger partial charge < -0.3 is 4.74 Å². The SMILES string of the molecule is C=C/C=C/CCOC. The van der Waals surface area contributed by atoms with E-state index in [0.29, 0.717) is 0 Å². The van der Waals surface area contributed by atoms with Gasteiger partial charge in [0.2, 0.25) is 0 Å². The molecule has 8 heavy (non-hydrogen) atoms. The van der Waals surface area contributed by atoms with Crippen molar-refractivity contribution >= 4 is 0 Å². The summed E-state index contributed by atoms with van der Waals surface area (Å²) in [6.07, 6.45) is 6.67. The second-order valence-corrected chi connectivity index (χ2v) is 1.45. The Hall–Kier alpha value is -0.560. The minimum absolute atomic E-state index is 0.796. The van der Waals surface area contributed by atoms with Gasteiger partial charge in [0.25, 0.3) is 0 Å². The molecule has 0 aromatic rings. The normalized spacial score (nSPS) is 10.1. The van der Waals surface area contributed by atoms with Crippen LogP contribution in [0.1, 0.15) is 6.42 Å². The number of allylic oxidation sites excluding steroid dienone is 2. The number of hydrogen-bond donors (Lipinski definition) is 0. The van der Waals surface area contributed by atoms with E-state index < -0.39 is 0 Å². The van der Waals surface area contributed by atoms with Gasteiger partial charge in [0.05, 0.1) is 0 Å². The fraction of sp³-hybridized carbons (Fsp3) is 0.429. The first-order valence-electron chi connectivity index (χ1n) is 2.68. The molecule has 1 nitrogen and oxygen atoms in total. The highest BCUT2D eigenvalue weighted by molar-refractivity contribution is 4.96. The van der Waals surface area contributed by atoms with Crippen LogP contribution in [0.2, 0.25) is 0 Å². The van der Waals surface area contributed by atoms with Crippen molar-refractivity contribution in [3.05, 3.63) is 24.8 Å². The molecule has 0 N–H and O–H groups in total. The van der Waals surface area contributed by atoms with E-state index in [4.69, 9.17) is 4.74 Å². The van der Waals surface area contributed by atoms with Crippen molar-refractivity contribution in [1.29, 1.82) is 0 Å². The number of ether oxygens (including phenoxy) is 1. The Balaban J connectivity index is 2.91. The first kappa shape index (κ1) is 7.44. The summed E-state index contributed by atoms with van der Waals surface area (Å²) in [5.41, 5.74) is 0. The van der Waals surface area contributed by atoms with Crippen molar-refractivity contribution in [3.8, 4) is 0 Å². The molecule has 0 aliphatic rings. The van der Waals surface area contributed by atoms with E-state index in [1.54, 1.807) is 13.2 Å². The lowest BCUT2D eigenvalue weighted by atomic mass is 10.4. The molecule has 0 radical (unpaired) electrons. The third-order valence-electron chi connectivity index (χ3n) is 0.761. The van der Waals surface area contributed by atoms with Crippen molar-refractivity contribution < 1.29 is 4.74 Å². The van der Waals surface area contributed by atoms with Crippen molar-refractivity contribution in [2.45, 2.75) is 6.42 Å². The zero-order chi connectivity index (χ0) is 6.24. The molecule has 0 amide bonds. The Bertz CT molecular complexity index is 74.5. The van der Waals surface area contributed by atoms with Crippen LogP contribution in [0.5, 0.6) is 0 Å². The molecule has 0 aromatic heterocycles. The van der Waals surface area contributed by atoms with E-state index in [-0.39, 0.29) is 0 Å². The van der Waals surface area contributed by atoms with E-state index in [2.05, 4.69) is 6.58 Å². The molecule has 0 saturated heterocycles. The van der Waals surface area contributed by atoms with Crippen LogP contribution < -0.4 is 0 Å². The van der Waals surface area contributed by atoms with Crippen LogP contribution >= 0.6 is 0 Å². The van der Waals surface area contributed by atoms with Crippen LogP contribution in [0.25, 0.3) is 0 Å². The van der Waals surface area contributed by atoms with Gasteiger partial charge in [-0.1, -0.05) is 24.8 Å². The predicted octanol–water partition coefficient (Wildman–Crippen LogP) is 1.77. The molecule has 0 spiro atoms. The molecule has 0 fully saturated rings. The summed E-state index contributed by atoms with van der Waals surface area (Å²) in [5.74, 6) is 0. The average Bonchev–Trinajstić information content (AvgIpc) is 1.81. The number of rotatable bonds is 4. The summed E-state index contributed by atoms with van der Waals surface area (Å²) in [6, 6.07) is 0. The summed E-state index contributed by atoms with van der Waals surface area (Å²) in [4.78, 5) is 0. The monoisotopic (exact) mass is 112 g/mol. The van der Waals surface area contributed by atoms with Crippen LogP contribution in [0, 0.1) is 0 Å². The highest BCUT2D eigenvalue weighted by atomic mass is 16.5. The predicted molar refractivity (Wildman–Crippen MR) is 35.8 cm³/mol. The summed E-state index contributed by atoms with van der Waals surface area (Å²) < 4.78 is 4.80. The van der Waals surface area contributed by atoms with Crippen molar-refractivity contribution in [1.82, 2.24) is 0 Å². The number of hydrogen-bond acceptors (Lipinski definition) is 1. The van der Waals surface area contributed by atoms with Gasteiger partial charge in [-0.15, -0.1) is 0 Å².